The highest BCUT2D eigenvalue weighted by Crippen LogP contribution is 2.51. The summed E-state index contributed by atoms with van der Waals surface area (Å²) in [6.45, 7) is 6.95. The standard InChI is InChI=1S/C23H28ClN3O3S/c1-22(2,3)30-21(28)27-10-7-15(12-23(27)8-9-23)26(4)20-25-17-13-29-18-11-14(24)5-6-16(18)19(17)31-20/h5-6,11,15H,7-10,12-13H2,1-4H3. The van der Waals surface area contributed by atoms with E-state index in [0.717, 1.165) is 59.2 Å². The summed E-state index contributed by atoms with van der Waals surface area (Å²) in [4.78, 5) is 23.1. The van der Waals surface area contributed by atoms with Crippen molar-refractivity contribution in [1.29, 1.82) is 0 Å². The van der Waals surface area contributed by atoms with Gasteiger partial charge in [-0.3, -0.25) is 0 Å². The lowest BCUT2D eigenvalue weighted by Crippen LogP contribution is -2.54. The first kappa shape index (κ1) is 20.9. The van der Waals surface area contributed by atoms with Gasteiger partial charge in [0.15, 0.2) is 5.13 Å². The van der Waals surface area contributed by atoms with Crippen molar-refractivity contribution < 1.29 is 14.3 Å². The van der Waals surface area contributed by atoms with Crippen LogP contribution in [0.2, 0.25) is 5.02 Å². The van der Waals surface area contributed by atoms with Gasteiger partial charge in [0.05, 0.1) is 10.6 Å². The van der Waals surface area contributed by atoms with Gasteiger partial charge in [-0.2, -0.15) is 0 Å². The van der Waals surface area contributed by atoms with Crippen LogP contribution in [-0.2, 0) is 11.3 Å². The Hall–Kier alpha value is -1.99. The van der Waals surface area contributed by atoms with Gasteiger partial charge in [-0.15, -0.1) is 0 Å². The molecule has 1 unspecified atom stereocenters. The molecule has 3 heterocycles. The fourth-order valence-corrected chi connectivity index (χ4v) is 5.92. The lowest BCUT2D eigenvalue weighted by molar-refractivity contribution is 0.00388. The molecule has 0 radical (unpaired) electrons. The minimum Gasteiger partial charge on any atom is -0.487 e. The number of piperidine rings is 1. The van der Waals surface area contributed by atoms with Gasteiger partial charge in [0.2, 0.25) is 0 Å². The number of likely N-dealkylation sites (tertiary alicyclic amines) is 1. The topological polar surface area (TPSA) is 54.9 Å². The number of halogens is 1. The van der Waals surface area contributed by atoms with E-state index in [1.54, 1.807) is 11.3 Å². The first-order chi connectivity index (χ1) is 14.7. The molecule has 6 nitrogen and oxygen atoms in total. The van der Waals surface area contributed by atoms with Gasteiger partial charge in [0, 0.05) is 35.8 Å². The number of nitrogens with zero attached hydrogens (tertiary/aromatic N) is 3. The molecule has 2 fully saturated rings. The van der Waals surface area contributed by atoms with Gasteiger partial charge in [-0.05, 0) is 64.7 Å². The number of thiazole rings is 1. The van der Waals surface area contributed by atoms with E-state index >= 15 is 0 Å². The molecule has 1 saturated heterocycles. The fourth-order valence-electron chi connectivity index (χ4n) is 4.62. The molecule has 2 aliphatic heterocycles. The lowest BCUT2D eigenvalue weighted by Gasteiger charge is -2.43. The number of benzene rings is 1. The number of amides is 1. The number of fused-ring (bicyclic) bond motifs is 3. The Labute approximate surface area is 192 Å². The molecular weight excluding hydrogens is 434 g/mol. The van der Waals surface area contributed by atoms with Crippen LogP contribution in [0.4, 0.5) is 9.93 Å². The van der Waals surface area contributed by atoms with Crippen LogP contribution in [-0.4, -0.2) is 46.8 Å². The monoisotopic (exact) mass is 461 g/mol. The smallest absolute Gasteiger partial charge is 0.410 e. The normalized spacial score (nSPS) is 21.2. The average Bonchev–Trinajstić information content (AvgIpc) is 3.30. The summed E-state index contributed by atoms with van der Waals surface area (Å²) >= 11 is 7.83. The Morgan fingerprint density at radius 3 is 2.87 bits per heavy atom. The Kier molecular flexibility index (Phi) is 4.90. The summed E-state index contributed by atoms with van der Waals surface area (Å²) in [5, 5.41) is 1.68. The Balaban J connectivity index is 1.33. The van der Waals surface area contributed by atoms with Crippen LogP contribution in [0.5, 0.6) is 5.75 Å². The first-order valence-corrected chi connectivity index (χ1v) is 12.0. The van der Waals surface area contributed by atoms with E-state index in [0.29, 0.717) is 17.7 Å². The average molecular weight is 462 g/mol. The van der Waals surface area contributed by atoms with Crippen LogP contribution in [0.1, 0.15) is 52.1 Å². The van der Waals surface area contributed by atoms with Gasteiger partial charge in [-0.25, -0.2) is 9.78 Å². The van der Waals surface area contributed by atoms with E-state index < -0.39 is 5.60 Å². The highest BCUT2D eigenvalue weighted by Gasteiger charge is 2.55. The number of carbonyl (C=O) groups is 1. The summed E-state index contributed by atoms with van der Waals surface area (Å²) in [5.74, 6) is 0.820. The molecule has 0 bridgehead atoms. The summed E-state index contributed by atoms with van der Waals surface area (Å²) < 4.78 is 11.5. The summed E-state index contributed by atoms with van der Waals surface area (Å²) in [6.07, 6.45) is 3.78. The Bertz CT molecular complexity index is 1030. The molecule has 1 spiro atoms. The lowest BCUT2D eigenvalue weighted by atomic mass is 9.94. The van der Waals surface area contributed by atoms with Crippen molar-refractivity contribution in [3.8, 4) is 16.2 Å². The molecule has 2 aromatic rings. The van der Waals surface area contributed by atoms with Crippen molar-refractivity contribution >= 4 is 34.2 Å². The third kappa shape index (κ3) is 3.87. The highest BCUT2D eigenvalue weighted by molar-refractivity contribution is 7.19. The summed E-state index contributed by atoms with van der Waals surface area (Å²) in [6, 6.07) is 6.12. The van der Waals surface area contributed by atoms with E-state index in [9.17, 15) is 4.79 Å². The van der Waals surface area contributed by atoms with Crippen molar-refractivity contribution in [3.05, 3.63) is 28.9 Å². The zero-order valence-electron chi connectivity index (χ0n) is 18.4. The SMILES string of the molecule is CN(c1nc2c(s1)-c1ccc(Cl)cc1OC2)C1CCN(C(=O)OC(C)(C)C)C2(CC2)C1. The van der Waals surface area contributed by atoms with Crippen LogP contribution in [0.25, 0.3) is 10.4 Å². The van der Waals surface area contributed by atoms with Gasteiger partial charge in [-0.1, -0.05) is 22.9 Å². The number of ether oxygens (including phenoxy) is 2. The van der Waals surface area contributed by atoms with Crippen LogP contribution >= 0.6 is 22.9 Å². The van der Waals surface area contributed by atoms with E-state index in [2.05, 4.69) is 11.9 Å². The largest absolute Gasteiger partial charge is 0.487 e. The van der Waals surface area contributed by atoms with E-state index in [1.807, 2.05) is 43.9 Å². The number of carbonyl (C=O) groups excluding carboxylic acids is 1. The summed E-state index contributed by atoms with van der Waals surface area (Å²) in [7, 11) is 2.12. The molecule has 1 aromatic heterocycles. The minimum absolute atomic E-state index is 0.0527. The Morgan fingerprint density at radius 1 is 1.39 bits per heavy atom. The van der Waals surface area contributed by atoms with E-state index in [4.69, 9.17) is 26.1 Å². The first-order valence-electron chi connectivity index (χ1n) is 10.8. The van der Waals surface area contributed by atoms with Gasteiger partial charge < -0.3 is 19.3 Å². The third-order valence-corrected chi connectivity index (χ3v) is 7.86. The second-order valence-electron chi connectivity index (χ2n) is 9.82. The number of aromatic nitrogens is 1. The van der Waals surface area contributed by atoms with Crippen LogP contribution in [0, 0.1) is 0 Å². The third-order valence-electron chi connectivity index (χ3n) is 6.40. The fraction of sp³-hybridized carbons (Fsp3) is 0.565. The predicted molar refractivity (Wildman–Crippen MR) is 123 cm³/mol. The van der Waals surface area contributed by atoms with Crippen molar-refractivity contribution in [1.82, 2.24) is 9.88 Å². The van der Waals surface area contributed by atoms with Gasteiger partial charge in [0.1, 0.15) is 18.0 Å². The van der Waals surface area contributed by atoms with E-state index in [1.165, 1.54) is 0 Å². The Morgan fingerprint density at radius 2 is 2.16 bits per heavy atom. The molecule has 1 amide bonds. The minimum atomic E-state index is -0.469. The van der Waals surface area contributed by atoms with Crippen LogP contribution in [0.3, 0.4) is 0 Å². The molecular formula is C23H28ClN3O3S. The molecule has 1 aliphatic carbocycles. The van der Waals surface area contributed by atoms with E-state index in [-0.39, 0.29) is 11.6 Å². The van der Waals surface area contributed by atoms with Crippen molar-refractivity contribution in [2.75, 3.05) is 18.5 Å². The number of hydrogen-bond acceptors (Lipinski definition) is 6. The number of rotatable bonds is 2. The van der Waals surface area contributed by atoms with Crippen LogP contribution < -0.4 is 9.64 Å². The second kappa shape index (κ2) is 7.27. The maximum Gasteiger partial charge on any atom is 0.410 e. The molecule has 3 aliphatic rings. The van der Waals surface area contributed by atoms with Crippen LogP contribution in [0.15, 0.2) is 18.2 Å². The maximum atomic E-state index is 12.7. The zero-order valence-corrected chi connectivity index (χ0v) is 20.0. The van der Waals surface area contributed by atoms with Gasteiger partial charge >= 0.3 is 6.09 Å². The molecule has 0 N–H and O–H groups in total. The zero-order chi connectivity index (χ0) is 22.0. The molecule has 1 aromatic carbocycles. The maximum absolute atomic E-state index is 12.7. The molecule has 1 atom stereocenters. The molecule has 1 saturated carbocycles. The molecule has 8 heteroatoms. The highest BCUT2D eigenvalue weighted by atomic mass is 35.5. The number of anilines is 1. The van der Waals surface area contributed by atoms with Crippen molar-refractivity contribution in [3.63, 3.8) is 0 Å². The quantitative estimate of drug-likeness (QED) is 0.572. The molecule has 31 heavy (non-hydrogen) atoms. The van der Waals surface area contributed by atoms with Gasteiger partial charge in [0.25, 0.3) is 0 Å². The van der Waals surface area contributed by atoms with Crippen molar-refractivity contribution in [2.24, 2.45) is 0 Å². The summed E-state index contributed by atoms with van der Waals surface area (Å²) in [5.41, 5.74) is 1.52. The second-order valence-corrected chi connectivity index (χ2v) is 11.2. The molecule has 5 rings (SSSR count). The predicted octanol–water partition coefficient (Wildman–Crippen LogP) is 5.72. The number of hydrogen-bond donors (Lipinski definition) is 0. The molecule has 166 valence electrons. The van der Waals surface area contributed by atoms with Crippen molar-refractivity contribution in [2.45, 2.75) is 70.2 Å².